The first-order chi connectivity index (χ1) is 9.59. The Morgan fingerprint density at radius 1 is 1.10 bits per heavy atom. The van der Waals surface area contributed by atoms with E-state index >= 15 is 0 Å². The molecule has 3 nitrogen and oxygen atoms in total. The summed E-state index contributed by atoms with van der Waals surface area (Å²) in [5.74, 6) is 0.441. The monoisotopic (exact) mass is 271 g/mol. The van der Waals surface area contributed by atoms with E-state index in [4.69, 9.17) is 4.74 Å². The fourth-order valence-electron chi connectivity index (χ4n) is 3.42. The van der Waals surface area contributed by atoms with Gasteiger partial charge in [-0.05, 0) is 25.2 Å². The second-order valence-electron chi connectivity index (χ2n) is 5.88. The first kappa shape index (κ1) is 13.5. The lowest BCUT2D eigenvalue weighted by Gasteiger charge is -2.25. The van der Waals surface area contributed by atoms with Gasteiger partial charge in [0, 0.05) is 29.3 Å². The largest absolute Gasteiger partial charge is 0.388 e. The summed E-state index contributed by atoms with van der Waals surface area (Å²) >= 11 is 0. The molecule has 3 rings (SSSR count). The van der Waals surface area contributed by atoms with E-state index in [1.54, 1.807) is 6.20 Å². The van der Waals surface area contributed by atoms with Crippen LogP contribution in [0.3, 0.4) is 0 Å². The van der Waals surface area contributed by atoms with Crippen LogP contribution in [0.25, 0.3) is 10.8 Å². The Morgan fingerprint density at radius 3 is 2.55 bits per heavy atom. The van der Waals surface area contributed by atoms with Crippen molar-refractivity contribution in [3.8, 4) is 0 Å². The van der Waals surface area contributed by atoms with Gasteiger partial charge in [0.1, 0.15) is 0 Å². The van der Waals surface area contributed by atoms with E-state index < -0.39 is 6.10 Å². The summed E-state index contributed by atoms with van der Waals surface area (Å²) in [4.78, 5) is 4.27. The number of hydrogen-bond donors (Lipinski definition) is 1. The van der Waals surface area contributed by atoms with Crippen LogP contribution < -0.4 is 0 Å². The lowest BCUT2D eigenvalue weighted by atomic mass is 9.81. The average molecular weight is 271 g/mol. The molecule has 3 heteroatoms. The smallest absolute Gasteiger partial charge is 0.0867 e. The highest BCUT2D eigenvalue weighted by Crippen LogP contribution is 2.41. The quantitative estimate of drug-likeness (QED) is 0.911. The molecule has 5 unspecified atom stereocenters. The molecule has 1 aromatic carbocycles. The minimum atomic E-state index is -0.538. The van der Waals surface area contributed by atoms with E-state index in [9.17, 15) is 5.11 Å². The normalized spacial score (nSPS) is 31.6. The molecule has 1 N–H and O–H groups in total. The van der Waals surface area contributed by atoms with E-state index in [2.05, 4.69) is 18.8 Å². The first-order valence-electron chi connectivity index (χ1n) is 7.25. The van der Waals surface area contributed by atoms with Crippen LogP contribution in [0.5, 0.6) is 0 Å². The summed E-state index contributed by atoms with van der Waals surface area (Å²) in [7, 11) is 0. The third-order valence-electron chi connectivity index (χ3n) is 4.70. The van der Waals surface area contributed by atoms with E-state index in [-0.39, 0.29) is 18.1 Å². The highest BCUT2D eigenvalue weighted by Gasteiger charge is 2.42. The van der Waals surface area contributed by atoms with Gasteiger partial charge < -0.3 is 9.84 Å². The SMILES string of the molecule is CC1OC(C)C(C(O)c2cncc3ccccc23)C1C. The van der Waals surface area contributed by atoms with Gasteiger partial charge >= 0.3 is 0 Å². The number of hydrogen-bond acceptors (Lipinski definition) is 3. The molecule has 2 heterocycles. The van der Waals surface area contributed by atoms with Crippen LogP contribution in [0.15, 0.2) is 36.7 Å². The van der Waals surface area contributed by atoms with Gasteiger partial charge in [0.05, 0.1) is 18.3 Å². The fraction of sp³-hybridized carbons (Fsp3) is 0.471. The van der Waals surface area contributed by atoms with Crippen LogP contribution >= 0.6 is 0 Å². The molecule has 106 valence electrons. The Hall–Kier alpha value is -1.45. The molecule has 1 aromatic heterocycles. The van der Waals surface area contributed by atoms with Crippen molar-refractivity contribution in [3.63, 3.8) is 0 Å². The Balaban J connectivity index is 2.03. The molecule has 0 amide bonds. The number of aromatic nitrogens is 1. The second-order valence-corrected chi connectivity index (χ2v) is 5.88. The molecule has 1 fully saturated rings. The molecule has 20 heavy (non-hydrogen) atoms. The van der Waals surface area contributed by atoms with Crippen molar-refractivity contribution < 1.29 is 9.84 Å². The number of aliphatic hydroxyl groups excluding tert-OH is 1. The Kier molecular flexibility index (Phi) is 3.48. The zero-order valence-corrected chi connectivity index (χ0v) is 12.2. The van der Waals surface area contributed by atoms with Gasteiger partial charge in [-0.25, -0.2) is 0 Å². The van der Waals surface area contributed by atoms with Gasteiger partial charge in [-0.1, -0.05) is 31.2 Å². The van der Waals surface area contributed by atoms with Gasteiger partial charge in [-0.15, -0.1) is 0 Å². The number of aliphatic hydroxyl groups is 1. The number of nitrogens with zero attached hydrogens (tertiary/aromatic N) is 1. The number of pyridine rings is 1. The van der Waals surface area contributed by atoms with Gasteiger partial charge in [0.2, 0.25) is 0 Å². The Morgan fingerprint density at radius 2 is 1.85 bits per heavy atom. The molecular weight excluding hydrogens is 250 g/mol. The maximum absolute atomic E-state index is 10.9. The van der Waals surface area contributed by atoms with Gasteiger partial charge in [0.25, 0.3) is 0 Å². The third-order valence-corrected chi connectivity index (χ3v) is 4.70. The minimum Gasteiger partial charge on any atom is -0.388 e. The van der Waals surface area contributed by atoms with Gasteiger partial charge in [0.15, 0.2) is 0 Å². The van der Waals surface area contributed by atoms with E-state index in [0.717, 1.165) is 16.3 Å². The Labute approximate surface area is 119 Å². The predicted octanol–water partition coefficient (Wildman–Crippen LogP) is 3.33. The van der Waals surface area contributed by atoms with Crippen molar-refractivity contribution in [1.29, 1.82) is 0 Å². The first-order valence-corrected chi connectivity index (χ1v) is 7.25. The molecule has 2 aromatic rings. The molecular formula is C17H21NO2. The van der Waals surface area contributed by atoms with Crippen LogP contribution in [0.4, 0.5) is 0 Å². The maximum atomic E-state index is 10.9. The van der Waals surface area contributed by atoms with Crippen LogP contribution in [-0.2, 0) is 4.74 Å². The molecule has 1 aliphatic heterocycles. The summed E-state index contributed by atoms with van der Waals surface area (Å²) in [5.41, 5.74) is 0.907. The van der Waals surface area contributed by atoms with Crippen molar-refractivity contribution in [2.45, 2.75) is 39.1 Å². The number of benzene rings is 1. The molecule has 0 radical (unpaired) electrons. The molecule has 0 bridgehead atoms. The van der Waals surface area contributed by atoms with Crippen molar-refractivity contribution in [1.82, 2.24) is 4.98 Å². The van der Waals surface area contributed by atoms with Crippen LogP contribution in [0, 0.1) is 11.8 Å². The second kappa shape index (κ2) is 5.15. The zero-order valence-electron chi connectivity index (χ0n) is 12.2. The third kappa shape index (κ3) is 2.11. The Bertz CT molecular complexity index is 607. The van der Waals surface area contributed by atoms with Gasteiger partial charge in [-0.3, -0.25) is 4.98 Å². The van der Waals surface area contributed by atoms with Crippen LogP contribution in [0.2, 0.25) is 0 Å². The predicted molar refractivity (Wildman–Crippen MR) is 79.4 cm³/mol. The maximum Gasteiger partial charge on any atom is 0.0867 e. The summed E-state index contributed by atoms with van der Waals surface area (Å²) in [6, 6.07) is 8.06. The molecule has 1 saturated heterocycles. The summed E-state index contributed by atoms with van der Waals surface area (Å²) in [6.45, 7) is 6.28. The number of ether oxygens (including phenoxy) is 1. The average Bonchev–Trinajstić information content (AvgIpc) is 2.71. The standard InChI is InChI=1S/C17H21NO2/c1-10-11(2)20-12(3)16(10)17(19)15-9-18-8-13-6-4-5-7-14(13)15/h4-12,16-17,19H,1-3H3. The van der Waals surface area contributed by atoms with Crippen molar-refractivity contribution in [2.24, 2.45) is 11.8 Å². The highest BCUT2D eigenvalue weighted by molar-refractivity contribution is 5.84. The topological polar surface area (TPSA) is 42.4 Å². The van der Waals surface area contributed by atoms with Crippen LogP contribution in [0.1, 0.15) is 32.4 Å². The zero-order chi connectivity index (χ0) is 14.3. The lowest BCUT2D eigenvalue weighted by Crippen LogP contribution is -2.25. The van der Waals surface area contributed by atoms with Crippen molar-refractivity contribution in [2.75, 3.05) is 0 Å². The van der Waals surface area contributed by atoms with E-state index in [0.29, 0.717) is 5.92 Å². The van der Waals surface area contributed by atoms with Crippen molar-refractivity contribution in [3.05, 3.63) is 42.2 Å². The lowest BCUT2D eigenvalue weighted by molar-refractivity contribution is 0.0235. The number of fused-ring (bicyclic) bond motifs is 1. The van der Waals surface area contributed by atoms with E-state index in [1.807, 2.05) is 37.4 Å². The summed E-state index contributed by atoms with van der Waals surface area (Å²) < 4.78 is 5.86. The van der Waals surface area contributed by atoms with Gasteiger partial charge in [-0.2, -0.15) is 0 Å². The summed E-state index contributed by atoms with van der Waals surface area (Å²) in [6.07, 6.45) is 3.34. The molecule has 0 saturated carbocycles. The summed E-state index contributed by atoms with van der Waals surface area (Å²) in [5, 5.41) is 13.0. The number of rotatable bonds is 2. The molecule has 5 atom stereocenters. The molecule has 0 spiro atoms. The van der Waals surface area contributed by atoms with Crippen molar-refractivity contribution >= 4 is 10.8 Å². The highest BCUT2D eigenvalue weighted by atomic mass is 16.5. The van der Waals surface area contributed by atoms with Crippen LogP contribution in [-0.4, -0.2) is 22.3 Å². The fourth-order valence-corrected chi connectivity index (χ4v) is 3.42. The van der Waals surface area contributed by atoms with E-state index in [1.165, 1.54) is 0 Å². The molecule has 1 aliphatic rings. The molecule has 0 aliphatic carbocycles. The minimum absolute atomic E-state index is 0.0639.